The molecule has 0 aliphatic heterocycles. The fraction of sp³-hybridized carbons (Fsp3) is 0.500. The third-order valence-electron chi connectivity index (χ3n) is 2.72. The monoisotopic (exact) mass is 270 g/mol. The summed E-state index contributed by atoms with van der Waals surface area (Å²) >= 11 is 3.43. The third kappa shape index (κ3) is 3.59. The number of halogens is 1. The molecule has 15 heavy (non-hydrogen) atoms. The Hall–Kier alpha value is -0.380. The number of nitrogens with two attached hydrogens (primary N) is 1. The maximum absolute atomic E-state index is 5.61. The summed E-state index contributed by atoms with van der Waals surface area (Å²) in [5.74, 6) is 6.17. The predicted molar refractivity (Wildman–Crippen MR) is 68.3 cm³/mol. The molecule has 0 aliphatic carbocycles. The van der Waals surface area contributed by atoms with Crippen molar-refractivity contribution in [3.63, 3.8) is 0 Å². The van der Waals surface area contributed by atoms with Crippen molar-refractivity contribution in [2.75, 3.05) is 0 Å². The van der Waals surface area contributed by atoms with Gasteiger partial charge in [0.25, 0.3) is 0 Å². The molecule has 0 heterocycles. The van der Waals surface area contributed by atoms with Gasteiger partial charge in [-0.05, 0) is 30.0 Å². The van der Waals surface area contributed by atoms with Crippen molar-refractivity contribution in [3.8, 4) is 0 Å². The minimum Gasteiger partial charge on any atom is -0.271 e. The first-order chi connectivity index (χ1) is 7.19. The van der Waals surface area contributed by atoms with E-state index in [1.807, 2.05) is 0 Å². The van der Waals surface area contributed by atoms with Crippen molar-refractivity contribution in [2.45, 2.75) is 32.7 Å². The minimum absolute atomic E-state index is 0.248. The molecule has 1 aromatic rings. The normalized spacial score (nSPS) is 14.9. The highest BCUT2D eigenvalue weighted by atomic mass is 79.9. The molecule has 0 bridgehead atoms. The molecule has 0 saturated carbocycles. The highest BCUT2D eigenvalue weighted by Crippen LogP contribution is 2.25. The number of hydrogen-bond donors (Lipinski definition) is 2. The summed E-state index contributed by atoms with van der Waals surface area (Å²) in [7, 11) is 0. The number of nitrogens with one attached hydrogen (secondary N) is 1. The van der Waals surface area contributed by atoms with E-state index in [9.17, 15) is 0 Å². The standard InChI is InChI=1S/C12H19BrN2/c1-3-4-9(2)12(15-14)10-5-7-11(13)8-6-10/h5-9,12,15H,3-4,14H2,1-2H3. The molecule has 0 amide bonds. The van der Waals surface area contributed by atoms with Crippen molar-refractivity contribution < 1.29 is 0 Å². The van der Waals surface area contributed by atoms with E-state index >= 15 is 0 Å². The van der Waals surface area contributed by atoms with Crippen LogP contribution in [0, 0.1) is 5.92 Å². The van der Waals surface area contributed by atoms with Crippen LogP contribution in [-0.2, 0) is 0 Å². The molecule has 3 heteroatoms. The molecule has 0 saturated heterocycles. The molecule has 0 fully saturated rings. The van der Waals surface area contributed by atoms with E-state index in [2.05, 4.69) is 59.5 Å². The van der Waals surface area contributed by atoms with Gasteiger partial charge in [-0.15, -0.1) is 0 Å². The molecule has 3 N–H and O–H groups in total. The van der Waals surface area contributed by atoms with E-state index in [1.54, 1.807) is 0 Å². The summed E-state index contributed by atoms with van der Waals surface area (Å²) in [6.07, 6.45) is 2.38. The van der Waals surface area contributed by atoms with Crippen LogP contribution in [0.15, 0.2) is 28.7 Å². The van der Waals surface area contributed by atoms with Gasteiger partial charge in [0, 0.05) is 10.5 Å². The molecule has 1 aromatic carbocycles. The van der Waals surface area contributed by atoms with Crippen molar-refractivity contribution in [2.24, 2.45) is 11.8 Å². The maximum Gasteiger partial charge on any atom is 0.0485 e. The van der Waals surface area contributed by atoms with Crippen LogP contribution in [0.25, 0.3) is 0 Å². The van der Waals surface area contributed by atoms with Gasteiger partial charge < -0.3 is 0 Å². The molecule has 84 valence electrons. The van der Waals surface area contributed by atoms with E-state index in [4.69, 9.17) is 5.84 Å². The lowest BCUT2D eigenvalue weighted by atomic mass is 9.92. The van der Waals surface area contributed by atoms with Crippen LogP contribution in [0.5, 0.6) is 0 Å². The lowest BCUT2D eigenvalue weighted by molar-refractivity contribution is 0.368. The molecule has 2 nitrogen and oxygen atoms in total. The zero-order valence-electron chi connectivity index (χ0n) is 9.33. The van der Waals surface area contributed by atoms with Crippen LogP contribution in [0.2, 0.25) is 0 Å². The second kappa shape index (κ2) is 6.26. The molecular weight excluding hydrogens is 252 g/mol. The van der Waals surface area contributed by atoms with Gasteiger partial charge in [0.15, 0.2) is 0 Å². The zero-order chi connectivity index (χ0) is 11.3. The molecule has 0 aromatic heterocycles. The lowest BCUT2D eigenvalue weighted by Crippen LogP contribution is -2.32. The summed E-state index contributed by atoms with van der Waals surface area (Å²) in [5.41, 5.74) is 4.16. The molecule has 1 rings (SSSR count). The SMILES string of the molecule is CCCC(C)C(NN)c1ccc(Br)cc1. The average molecular weight is 271 g/mol. The second-order valence-corrected chi connectivity index (χ2v) is 4.88. The summed E-state index contributed by atoms with van der Waals surface area (Å²) in [5, 5.41) is 0. The van der Waals surface area contributed by atoms with Crippen molar-refractivity contribution in [3.05, 3.63) is 34.3 Å². The van der Waals surface area contributed by atoms with Crippen molar-refractivity contribution >= 4 is 15.9 Å². The highest BCUT2D eigenvalue weighted by Gasteiger charge is 2.16. The Labute approximate surface area is 100 Å². The Balaban J connectivity index is 2.77. The molecular formula is C12H19BrN2. The Morgan fingerprint density at radius 3 is 2.40 bits per heavy atom. The highest BCUT2D eigenvalue weighted by molar-refractivity contribution is 9.10. The summed E-state index contributed by atoms with van der Waals surface area (Å²) in [4.78, 5) is 0. The zero-order valence-corrected chi connectivity index (χ0v) is 10.9. The molecule has 0 spiro atoms. The maximum atomic E-state index is 5.61. The number of hydrazine groups is 1. The fourth-order valence-electron chi connectivity index (χ4n) is 1.88. The van der Waals surface area contributed by atoms with Crippen molar-refractivity contribution in [1.82, 2.24) is 5.43 Å². The lowest BCUT2D eigenvalue weighted by Gasteiger charge is -2.23. The third-order valence-corrected chi connectivity index (χ3v) is 3.25. The van der Waals surface area contributed by atoms with E-state index in [0.29, 0.717) is 5.92 Å². The first kappa shape index (κ1) is 12.7. The van der Waals surface area contributed by atoms with Gasteiger partial charge in [0.05, 0.1) is 0 Å². The van der Waals surface area contributed by atoms with E-state index < -0.39 is 0 Å². The van der Waals surface area contributed by atoms with Crippen LogP contribution in [0.1, 0.15) is 38.3 Å². The predicted octanol–water partition coefficient (Wildman–Crippen LogP) is 3.39. The number of benzene rings is 1. The van der Waals surface area contributed by atoms with E-state index in [0.717, 1.165) is 4.47 Å². The summed E-state index contributed by atoms with van der Waals surface area (Å²) in [6.45, 7) is 4.43. The molecule has 2 atom stereocenters. The Morgan fingerprint density at radius 2 is 1.93 bits per heavy atom. The van der Waals surface area contributed by atoms with E-state index in [1.165, 1.54) is 18.4 Å². The quantitative estimate of drug-likeness (QED) is 0.636. The first-order valence-corrected chi connectivity index (χ1v) is 6.20. The van der Waals surface area contributed by atoms with Gasteiger partial charge >= 0.3 is 0 Å². The van der Waals surface area contributed by atoms with E-state index in [-0.39, 0.29) is 6.04 Å². The van der Waals surface area contributed by atoms with Crippen LogP contribution >= 0.6 is 15.9 Å². The van der Waals surface area contributed by atoms with Crippen molar-refractivity contribution in [1.29, 1.82) is 0 Å². The summed E-state index contributed by atoms with van der Waals surface area (Å²) < 4.78 is 1.10. The number of rotatable bonds is 5. The first-order valence-electron chi connectivity index (χ1n) is 5.40. The van der Waals surface area contributed by atoms with Gasteiger partial charge in [-0.25, -0.2) is 0 Å². The average Bonchev–Trinajstić information content (AvgIpc) is 2.22. The minimum atomic E-state index is 0.248. The molecule has 0 aliphatic rings. The van der Waals surface area contributed by atoms with Crippen LogP contribution in [0.4, 0.5) is 0 Å². The Bertz CT molecular complexity index is 284. The topological polar surface area (TPSA) is 38.0 Å². The molecule has 2 unspecified atom stereocenters. The smallest absolute Gasteiger partial charge is 0.0485 e. The van der Waals surface area contributed by atoms with Gasteiger partial charge in [-0.1, -0.05) is 48.3 Å². The van der Waals surface area contributed by atoms with Crippen LogP contribution < -0.4 is 11.3 Å². The van der Waals surface area contributed by atoms with Gasteiger partial charge in [-0.2, -0.15) is 0 Å². The van der Waals surface area contributed by atoms with Crippen LogP contribution in [0.3, 0.4) is 0 Å². The van der Waals surface area contributed by atoms with Gasteiger partial charge in [-0.3, -0.25) is 11.3 Å². The van der Waals surface area contributed by atoms with Crippen LogP contribution in [-0.4, -0.2) is 0 Å². The fourth-order valence-corrected chi connectivity index (χ4v) is 2.15. The van der Waals surface area contributed by atoms with Gasteiger partial charge in [0.2, 0.25) is 0 Å². The Morgan fingerprint density at radius 1 is 1.33 bits per heavy atom. The molecule has 0 radical (unpaired) electrons. The summed E-state index contributed by atoms with van der Waals surface area (Å²) in [6, 6.07) is 8.58. The largest absolute Gasteiger partial charge is 0.271 e. The second-order valence-electron chi connectivity index (χ2n) is 3.96. The number of hydrogen-bond acceptors (Lipinski definition) is 2. The Kier molecular flexibility index (Phi) is 5.29. The van der Waals surface area contributed by atoms with Gasteiger partial charge in [0.1, 0.15) is 0 Å².